The van der Waals surface area contributed by atoms with Crippen LogP contribution >= 0.6 is 48.9 Å². The molecule has 144 valence electrons. The molecule has 0 aliphatic carbocycles. The Morgan fingerprint density at radius 1 is 0.640 bits per heavy atom. The van der Waals surface area contributed by atoms with Gasteiger partial charge in [-0.2, -0.15) is 0 Å². The highest BCUT2D eigenvalue weighted by molar-refractivity contribution is 7.82. The standard InChI is InChI=1S/C18H32O2S4Si/c1-5-9-15(21)11-17(23)13-25(19-7-3,20-8-4)14-18(24)12-16(22)10-6-2/h5-14H2,1-4H3. The molecule has 2 nitrogen and oxygen atoms in total. The van der Waals surface area contributed by atoms with Crippen LogP contribution in [-0.2, 0) is 8.85 Å². The van der Waals surface area contributed by atoms with Crippen molar-refractivity contribution in [1.29, 1.82) is 0 Å². The van der Waals surface area contributed by atoms with E-state index in [0.29, 0.717) is 38.1 Å². The van der Waals surface area contributed by atoms with Gasteiger partial charge in [-0.1, -0.05) is 75.6 Å². The highest BCUT2D eigenvalue weighted by Crippen LogP contribution is 2.24. The zero-order valence-electron chi connectivity index (χ0n) is 16.0. The lowest BCUT2D eigenvalue weighted by Crippen LogP contribution is -2.46. The molecule has 7 heteroatoms. The Hall–Kier alpha value is 0.497. The minimum atomic E-state index is -2.50. The minimum absolute atomic E-state index is 0.607. The maximum Gasteiger partial charge on any atom is 0.348 e. The summed E-state index contributed by atoms with van der Waals surface area (Å²) < 4.78 is 12.3. The zero-order chi connectivity index (χ0) is 19.3. The molecular weight excluding hydrogens is 405 g/mol. The molecule has 0 aromatic carbocycles. The van der Waals surface area contributed by atoms with Crippen LogP contribution in [0.4, 0.5) is 0 Å². The lowest BCUT2D eigenvalue weighted by Gasteiger charge is -2.30. The van der Waals surface area contributed by atoms with Crippen molar-refractivity contribution >= 4 is 76.9 Å². The normalized spacial score (nSPS) is 11.4. The largest absolute Gasteiger partial charge is 0.394 e. The van der Waals surface area contributed by atoms with Crippen molar-refractivity contribution in [2.24, 2.45) is 0 Å². The van der Waals surface area contributed by atoms with Crippen LogP contribution in [-0.4, -0.2) is 41.2 Å². The minimum Gasteiger partial charge on any atom is -0.394 e. The molecule has 0 heterocycles. The molecule has 25 heavy (non-hydrogen) atoms. The van der Waals surface area contributed by atoms with Gasteiger partial charge in [-0.25, -0.2) is 0 Å². The Balaban J connectivity index is 5.03. The summed E-state index contributed by atoms with van der Waals surface area (Å²) >= 11 is 22.1. The topological polar surface area (TPSA) is 18.5 Å². The fourth-order valence-electron chi connectivity index (χ4n) is 2.73. The number of hydrogen-bond donors (Lipinski definition) is 0. The van der Waals surface area contributed by atoms with Gasteiger partial charge in [-0.3, -0.25) is 0 Å². The second-order valence-corrected chi connectivity index (χ2v) is 11.6. The smallest absolute Gasteiger partial charge is 0.348 e. The average Bonchev–Trinajstić information content (AvgIpc) is 2.47. The summed E-state index contributed by atoms with van der Waals surface area (Å²) in [6.07, 6.45) is 5.40. The Kier molecular flexibility index (Phi) is 14.8. The van der Waals surface area contributed by atoms with Gasteiger partial charge in [0.15, 0.2) is 0 Å². The maximum atomic E-state index is 6.15. The summed E-state index contributed by atoms with van der Waals surface area (Å²) in [6, 6.07) is 1.35. The molecule has 0 unspecified atom stereocenters. The van der Waals surface area contributed by atoms with E-state index < -0.39 is 8.56 Å². The third-order valence-electron chi connectivity index (χ3n) is 3.59. The van der Waals surface area contributed by atoms with Crippen LogP contribution in [0.5, 0.6) is 0 Å². The van der Waals surface area contributed by atoms with Crippen molar-refractivity contribution < 1.29 is 8.85 Å². The summed E-state index contributed by atoms with van der Waals surface area (Å²) in [5.74, 6) is 0. The van der Waals surface area contributed by atoms with Gasteiger partial charge in [0.1, 0.15) is 0 Å². The third kappa shape index (κ3) is 11.7. The van der Waals surface area contributed by atoms with Crippen molar-refractivity contribution in [2.45, 2.75) is 78.3 Å². The highest BCUT2D eigenvalue weighted by Gasteiger charge is 2.39. The molecular formula is C18H32O2S4Si. The SMILES string of the molecule is CCCC(=S)CC(=S)C[Si](CC(=S)CC(=S)CCC)(OCC)OCC. The van der Waals surface area contributed by atoms with E-state index in [-0.39, 0.29) is 0 Å². The molecule has 0 aliphatic heterocycles. The summed E-state index contributed by atoms with van der Waals surface area (Å²) in [7, 11) is -2.50. The lowest BCUT2D eigenvalue weighted by atomic mass is 10.2. The first-order valence-electron chi connectivity index (χ1n) is 9.17. The van der Waals surface area contributed by atoms with E-state index in [9.17, 15) is 0 Å². The Labute approximate surface area is 176 Å². The van der Waals surface area contributed by atoms with E-state index in [2.05, 4.69) is 13.8 Å². The van der Waals surface area contributed by atoms with E-state index in [1.165, 1.54) is 0 Å². The highest BCUT2D eigenvalue weighted by atomic mass is 32.1. The lowest BCUT2D eigenvalue weighted by molar-refractivity contribution is 0.190. The predicted molar refractivity (Wildman–Crippen MR) is 128 cm³/mol. The molecule has 0 fully saturated rings. The van der Waals surface area contributed by atoms with E-state index in [4.69, 9.17) is 57.7 Å². The molecule has 0 saturated heterocycles. The number of thiocarbonyl (C=S) groups is 4. The Morgan fingerprint density at radius 3 is 1.28 bits per heavy atom. The van der Waals surface area contributed by atoms with E-state index in [1.54, 1.807) is 0 Å². The molecule has 0 N–H and O–H groups in total. The zero-order valence-corrected chi connectivity index (χ0v) is 20.3. The van der Waals surface area contributed by atoms with Gasteiger partial charge in [0, 0.05) is 38.1 Å². The van der Waals surface area contributed by atoms with Gasteiger partial charge in [-0.05, 0) is 46.1 Å². The molecule has 0 spiro atoms. The van der Waals surface area contributed by atoms with Gasteiger partial charge in [0.2, 0.25) is 0 Å². The van der Waals surface area contributed by atoms with E-state index in [1.807, 2.05) is 13.8 Å². The molecule has 0 aromatic rings. The number of hydrogen-bond acceptors (Lipinski definition) is 6. The summed E-state index contributed by atoms with van der Waals surface area (Å²) in [4.78, 5) is 3.92. The third-order valence-corrected chi connectivity index (χ3v) is 8.94. The van der Waals surface area contributed by atoms with Crippen LogP contribution in [0.1, 0.15) is 66.2 Å². The van der Waals surface area contributed by atoms with Crippen LogP contribution in [0.15, 0.2) is 0 Å². The van der Waals surface area contributed by atoms with Gasteiger partial charge >= 0.3 is 8.56 Å². The predicted octanol–water partition coefficient (Wildman–Crippen LogP) is 6.36. The molecule has 0 saturated carbocycles. The monoisotopic (exact) mass is 436 g/mol. The van der Waals surface area contributed by atoms with Crippen LogP contribution < -0.4 is 0 Å². The fourth-order valence-corrected chi connectivity index (χ4v) is 8.46. The van der Waals surface area contributed by atoms with Crippen molar-refractivity contribution in [3.05, 3.63) is 0 Å². The van der Waals surface area contributed by atoms with Crippen molar-refractivity contribution in [3.8, 4) is 0 Å². The van der Waals surface area contributed by atoms with Crippen molar-refractivity contribution in [2.75, 3.05) is 13.2 Å². The first kappa shape index (κ1) is 25.5. The molecule has 0 aliphatic rings. The molecule has 0 atom stereocenters. The molecule has 0 radical (unpaired) electrons. The summed E-state index contributed by atoms with van der Waals surface area (Å²) in [5.41, 5.74) is 0. The summed E-state index contributed by atoms with van der Waals surface area (Å²) in [6.45, 7) is 9.47. The molecule has 0 bridgehead atoms. The van der Waals surface area contributed by atoms with E-state index >= 15 is 0 Å². The summed E-state index contributed by atoms with van der Waals surface area (Å²) in [5, 5.41) is 0. The Morgan fingerprint density at radius 2 is 1.00 bits per heavy atom. The van der Waals surface area contributed by atoms with Gasteiger partial charge in [0.25, 0.3) is 0 Å². The van der Waals surface area contributed by atoms with Crippen LogP contribution in [0.3, 0.4) is 0 Å². The first-order chi connectivity index (χ1) is 11.8. The van der Waals surface area contributed by atoms with Crippen LogP contribution in [0.2, 0.25) is 12.1 Å². The van der Waals surface area contributed by atoms with Crippen molar-refractivity contribution in [1.82, 2.24) is 0 Å². The maximum absolute atomic E-state index is 6.15. The van der Waals surface area contributed by atoms with Gasteiger partial charge in [-0.15, -0.1) is 0 Å². The second kappa shape index (κ2) is 14.5. The fraction of sp³-hybridized carbons (Fsp3) is 0.778. The average molecular weight is 437 g/mol. The Bertz CT molecular complexity index is 424. The van der Waals surface area contributed by atoms with E-state index in [0.717, 1.165) is 45.1 Å². The second-order valence-electron chi connectivity index (χ2n) is 6.14. The van der Waals surface area contributed by atoms with Gasteiger partial charge < -0.3 is 8.85 Å². The number of rotatable bonds is 16. The molecule has 0 rings (SSSR count). The quantitative estimate of drug-likeness (QED) is 0.205. The van der Waals surface area contributed by atoms with Gasteiger partial charge in [0.05, 0.1) is 0 Å². The molecule has 0 aromatic heterocycles. The molecule has 0 amide bonds. The van der Waals surface area contributed by atoms with Crippen molar-refractivity contribution in [3.63, 3.8) is 0 Å². The first-order valence-corrected chi connectivity index (χ1v) is 13.0. The van der Waals surface area contributed by atoms with Crippen LogP contribution in [0.25, 0.3) is 0 Å². The van der Waals surface area contributed by atoms with Crippen LogP contribution in [0, 0.1) is 0 Å².